The quantitative estimate of drug-likeness (QED) is 0.538. The van der Waals surface area contributed by atoms with Crippen LogP contribution in [0.3, 0.4) is 0 Å². The Morgan fingerprint density at radius 2 is 2.00 bits per heavy atom. The first-order chi connectivity index (χ1) is 13.5. The fraction of sp³-hybridized carbons (Fsp3) is 0.190. The molecule has 0 saturated carbocycles. The summed E-state index contributed by atoms with van der Waals surface area (Å²) in [4.78, 5) is 14.6. The van der Waals surface area contributed by atoms with Crippen molar-refractivity contribution in [1.29, 1.82) is 0 Å². The van der Waals surface area contributed by atoms with Gasteiger partial charge >= 0.3 is 0 Å². The topological polar surface area (TPSA) is 64.7 Å². The summed E-state index contributed by atoms with van der Waals surface area (Å²) in [5, 5.41) is 8.69. The van der Waals surface area contributed by atoms with E-state index in [1.54, 1.807) is 40.6 Å². The molecule has 28 heavy (non-hydrogen) atoms. The highest BCUT2D eigenvalue weighted by molar-refractivity contribution is 6.00. The van der Waals surface area contributed by atoms with Gasteiger partial charge in [0.05, 0.1) is 36.3 Å². The molecule has 3 aromatic heterocycles. The third kappa shape index (κ3) is 3.34. The lowest BCUT2D eigenvalue weighted by atomic mass is 10.2. The first kappa shape index (κ1) is 17.8. The average Bonchev–Trinajstić information content (AvgIpc) is 3.34. The predicted molar refractivity (Wildman–Crippen MR) is 106 cm³/mol. The van der Waals surface area contributed by atoms with Crippen LogP contribution in [-0.2, 0) is 6.54 Å². The Balaban J connectivity index is 1.52. The molecule has 3 heterocycles. The van der Waals surface area contributed by atoms with Gasteiger partial charge in [-0.1, -0.05) is 12.1 Å². The van der Waals surface area contributed by atoms with Crippen LogP contribution >= 0.6 is 0 Å². The van der Waals surface area contributed by atoms with Crippen LogP contribution in [0.2, 0.25) is 0 Å². The average molecular weight is 375 g/mol. The van der Waals surface area contributed by atoms with E-state index in [9.17, 15) is 4.79 Å². The van der Waals surface area contributed by atoms with Gasteiger partial charge in [0.15, 0.2) is 0 Å². The monoisotopic (exact) mass is 375 g/mol. The number of nitrogens with zero attached hydrogens (tertiary/aromatic N) is 5. The number of amides is 1. The third-order valence-electron chi connectivity index (χ3n) is 4.61. The van der Waals surface area contributed by atoms with E-state index in [4.69, 9.17) is 4.74 Å². The Kier molecular flexibility index (Phi) is 4.57. The van der Waals surface area contributed by atoms with Crippen molar-refractivity contribution in [2.75, 3.05) is 14.2 Å². The van der Waals surface area contributed by atoms with E-state index in [2.05, 4.69) is 10.2 Å². The number of fused-ring (bicyclic) bond motifs is 1. The van der Waals surface area contributed by atoms with Crippen molar-refractivity contribution in [2.45, 2.75) is 13.5 Å². The van der Waals surface area contributed by atoms with Crippen LogP contribution < -0.4 is 4.74 Å². The van der Waals surface area contributed by atoms with Crippen LogP contribution in [0.15, 0.2) is 61.2 Å². The van der Waals surface area contributed by atoms with Gasteiger partial charge in [-0.25, -0.2) is 9.20 Å². The first-order valence-electron chi connectivity index (χ1n) is 8.92. The summed E-state index contributed by atoms with van der Waals surface area (Å²) in [6.07, 6.45) is 7.21. The van der Waals surface area contributed by atoms with Crippen molar-refractivity contribution in [1.82, 2.24) is 24.3 Å². The van der Waals surface area contributed by atoms with E-state index < -0.39 is 0 Å². The van der Waals surface area contributed by atoms with E-state index in [0.717, 1.165) is 28.1 Å². The Hall–Kier alpha value is -3.61. The molecule has 0 unspecified atom stereocenters. The Bertz CT molecular complexity index is 1140. The fourth-order valence-corrected chi connectivity index (χ4v) is 3.14. The van der Waals surface area contributed by atoms with Gasteiger partial charge in [-0.15, -0.1) is 0 Å². The maximum Gasteiger partial charge on any atom is 0.257 e. The van der Waals surface area contributed by atoms with Gasteiger partial charge in [0.1, 0.15) is 5.75 Å². The second-order valence-electron chi connectivity index (χ2n) is 6.75. The number of hydrogen-bond acceptors (Lipinski definition) is 4. The molecule has 0 aliphatic rings. The second kappa shape index (κ2) is 7.19. The summed E-state index contributed by atoms with van der Waals surface area (Å²) in [6, 6.07) is 11.6. The maximum absolute atomic E-state index is 12.9. The van der Waals surface area contributed by atoms with E-state index in [1.165, 1.54) is 0 Å². The Labute approximate surface area is 162 Å². The zero-order valence-corrected chi connectivity index (χ0v) is 16.0. The number of methoxy groups -OCH3 is 1. The summed E-state index contributed by atoms with van der Waals surface area (Å²) in [5.41, 5.74) is 4.31. The SMILES string of the molecule is COc1cccc(-n2cc(CN(C)C(=O)c3cnn4cc(C)ccc34)cn2)c1. The summed E-state index contributed by atoms with van der Waals surface area (Å²) < 4.78 is 8.77. The highest BCUT2D eigenvalue weighted by Gasteiger charge is 2.17. The molecule has 0 atom stereocenters. The Morgan fingerprint density at radius 1 is 1.14 bits per heavy atom. The smallest absolute Gasteiger partial charge is 0.257 e. The molecule has 0 spiro atoms. The number of aryl methyl sites for hydroxylation is 1. The lowest BCUT2D eigenvalue weighted by Gasteiger charge is -2.15. The number of rotatable bonds is 5. The van der Waals surface area contributed by atoms with Crippen molar-refractivity contribution in [3.63, 3.8) is 0 Å². The zero-order chi connectivity index (χ0) is 19.7. The molecule has 142 valence electrons. The number of carbonyl (C=O) groups is 1. The van der Waals surface area contributed by atoms with E-state index in [-0.39, 0.29) is 5.91 Å². The highest BCUT2D eigenvalue weighted by atomic mass is 16.5. The molecule has 7 heteroatoms. The van der Waals surface area contributed by atoms with Crippen LogP contribution in [-0.4, -0.2) is 44.4 Å². The summed E-state index contributed by atoms with van der Waals surface area (Å²) >= 11 is 0. The molecule has 0 aliphatic carbocycles. The number of carbonyl (C=O) groups excluding carboxylic acids is 1. The minimum absolute atomic E-state index is 0.0759. The number of aromatic nitrogens is 4. The summed E-state index contributed by atoms with van der Waals surface area (Å²) in [6.45, 7) is 2.45. The minimum atomic E-state index is -0.0759. The lowest BCUT2D eigenvalue weighted by Crippen LogP contribution is -2.25. The summed E-state index contributed by atoms with van der Waals surface area (Å²) in [5.74, 6) is 0.693. The normalized spacial score (nSPS) is 11.0. The maximum atomic E-state index is 12.9. The van der Waals surface area contributed by atoms with Gasteiger partial charge in [-0.3, -0.25) is 4.79 Å². The molecule has 0 fully saturated rings. The Morgan fingerprint density at radius 3 is 2.82 bits per heavy atom. The largest absolute Gasteiger partial charge is 0.497 e. The van der Waals surface area contributed by atoms with Gasteiger partial charge in [0, 0.05) is 37.6 Å². The standard InChI is InChI=1S/C21H21N5O2/c1-15-7-8-20-19(11-23-26(20)12-15)21(27)24(2)13-16-10-22-25(14-16)17-5-4-6-18(9-17)28-3/h4-12,14H,13H2,1-3H3. The van der Waals surface area contributed by atoms with Gasteiger partial charge in [0.2, 0.25) is 0 Å². The van der Waals surface area contributed by atoms with Crippen molar-refractivity contribution >= 4 is 11.4 Å². The molecule has 7 nitrogen and oxygen atoms in total. The molecule has 0 N–H and O–H groups in total. The number of pyridine rings is 1. The number of ether oxygens (including phenoxy) is 1. The lowest BCUT2D eigenvalue weighted by molar-refractivity contribution is 0.0787. The van der Waals surface area contributed by atoms with Crippen LogP contribution in [0.25, 0.3) is 11.2 Å². The molecular formula is C21H21N5O2. The van der Waals surface area contributed by atoms with Crippen LogP contribution in [0.1, 0.15) is 21.5 Å². The van der Waals surface area contributed by atoms with Gasteiger partial charge < -0.3 is 9.64 Å². The van der Waals surface area contributed by atoms with Gasteiger partial charge in [-0.05, 0) is 30.7 Å². The van der Waals surface area contributed by atoms with Crippen LogP contribution in [0.5, 0.6) is 5.75 Å². The molecule has 0 radical (unpaired) electrons. The highest BCUT2D eigenvalue weighted by Crippen LogP contribution is 2.18. The molecule has 4 rings (SSSR count). The van der Waals surface area contributed by atoms with E-state index in [1.807, 2.05) is 55.7 Å². The second-order valence-corrected chi connectivity index (χ2v) is 6.75. The van der Waals surface area contributed by atoms with Crippen molar-refractivity contribution in [3.05, 3.63) is 77.9 Å². The van der Waals surface area contributed by atoms with E-state index >= 15 is 0 Å². The van der Waals surface area contributed by atoms with Crippen molar-refractivity contribution < 1.29 is 9.53 Å². The van der Waals surface area contributed by atoms with E-state index in [0.29, 0.717) is 12.1 Å². The molecule has 1 aromatic carbocycles. The number of benzene rings is 1. The zero-order valence-electron chi connectivity index (χ0n) is 16.0. The number of hydrogen-bond donors (Lipinski definition) is 0. The molecule has 4 aromatic rings. The van der Waals surface area contributed by atoms with Crippen molar-refractivity contribution in [2.24, 2.45) is 0 Å². The van der Waals surface area contributed by atoms with Crippen LogP contribution in [0.4, 0.5) is 0 Å². The molecule has 0 bridgehead atoms. The first-order valence-corrected chi connectivity index (χ1v) is 8.92. The van der Waals surface area contributed by atoms with Gasteiger partial charge in [0.25, 0.3) is 5.91 Å². The van der Waals surface area contributed by atoms with Crippen LogP contribution in [0, 0.1) is 6.92 Å². The molecule has 1 amide bonds. The van der Waals surface area contributed by atoms with Gasteiger partial charge in [-0.2, -0.15) is 10.2 Å². The molecule has 0 saturated heterocycles. The predicted octanol–water partition coefficient (Wildman–Crippen LogP) is 3.11. The molecular weight excluding hydrogens is 354 g/mol. The molecule has 0 aliphatic heterocycles. The minimum Gasteiger partial charge on any atom is -0.497 e. The fourth-order valence-electron chi connectivity index (χ4n) is 3.14. The third-order valence-corrected chi connectivity index (χ3v) is 4.61. The summed E-state index contributed by atoms with van der Waals surface area (Å²) in [7, 11) is 3.42. The van der Waals surface area contributed by atoms with Crippen molar-refractivity contribution in [3.8, 4) is 11.4 Å².